The molecule has 0 N–H and O–H groups in total. The molecule has 0 bridgehead atoms. The number of rotatable bonds is 2. The van der Waals surface area contributed by atoms with Gasteiger partial charge in [-0.1, -0.05) is 26.7 Å². The Labute approximate surface area is 78.4 Å². The first-order valence-electron chi connectivity index (χ1n) is 5.11. The summed E-state index contributed by atoms with van der Waals surface area (Å²) < 4.78 is 11.5. The minimum atomic E-state index is -0.517. The van der Waals surface area contributed by atoms with E-state index < -0.39 is 10.8 Å². The summed E-state index contributed by atoms with van der Waals surface area (Å²) in [5, 5.41) is 0. The molecule has 0 radical (unpaired) electrons. The average molecular weight is 188 g/mol. The average Bonchev–Trinajstić information content (AvgIpc) is 2.26. The van der Waals surface area contributed by atoms with Crippen molar-refractivity contribution in [2.45, 2.75) is 39.5 Å². The maximum atomic E-state index is 11.5. The third-order valence-electron chi connectivity index (χ3n) is 2.98. The first kappa shape index (κ1) is 10.2. The number of hydrogen-bond donors (Lipinski definition) is 0. The van der Waals surface area contributed by atoms with Gasteiger partial charge >= 0.3 is 0 Å². The van der Waals surface area contributed by atoms with Crippen LogP contribution in [-0.4, -0.2) is 15.7 Å². The van der Waals surface area contributed by atoms with Crippen LogP contribution in [0.1, 0.15) is 39.5 Å². The van der Waals surface area contributed by atoms with Crippen LogP contribution in [-0.2, 0) is 10.8 Å². The smallest absolute Gasteiger partial charge is 0.0263 e. The molecule has 1 saturated heterocycles. The molecule has 72 valence electrons. The SMILES string of the molecule is CCC1CCC(CC)CS(=O)C1. The van der Waals surface area contributed by atoms with Crippen molar-refractivity contribution < 1.29 is 4.21 Å². The van der Waals surface area contributed by atoms with E-state index in [4.69, 9.17) is 0 Å². The van der Waals surface area contributed by atoms with Crippen LogP contribution < -0.4 is 0 Å². The van der Waals surface area contributed by atoms with Crippen LogP contribution >= 0.6 is 0 Å². The van der Waals surface area contributed by atoms with Crippen molar-refractivity contribution in [3.05, 3.63) is 0 Å². The van der Waals surface area contributed by atoms with E-state index >= 15 is 0 Å². The standard InChI is InChI=1S/C10H20OS/c1-3-9-5-6-10(4-2)8-12(11)7-9/h9-10H,3-8H2,1-2H3. The second-order valence-corrected chi connectivity index (χ2v) is 5.45. The van der Waals surface area contributed by atoms with Crippen LogP contribution in [0.25, 0.3) is 0 Å². The quantitative estimate of drug-likeness (QED) is 0.651. The maximum Gasteiger partial charge on any atom is 0.0263 e. The van der Waals surface area contributed by atoms with E-state index in [2.05, 4.69) is 13.8 Å². The van der Waals surface area contributed by atoms with Crippen molar-refractivity contribution in [1.29, 1.82) is 0 Å². The minimum absolute atomic E-state index is 0.517. The lowest BCUT2D eigenvalue weighted by atomic mass is 9.95. The van der Waals surface area contributed by atoms with E-state index in [9.17, 15) is 4.21 Å². The Hall–Kier alpha value is 0.150. The molecule has 2 heteroatoms. The zero-order chi connectivity index (χ0) is 8.97. The Morgan fingerprint density at radius 3 is 1.83 bits per heavy atom. The van der Waals surface area contributed by atoms with Crippen molar-refractivity contribution in [3.8, 4) is 0 Å². The van der Waals surface area contributed by atoms with Crippen LogP contribution in [0.2, 0.25) is 0 Å². The lowest BCUT2D eigenvalue weighted by Gasteiger charge is -2.10. The van der Waals surface area contributed by atoms with Gasteiger partial charge in [-0.2, -0.15) is 0 Å². The van der Waals surface area contributed by atoms with Crippen LogP contribution in [0, 0.1) is 11.8 Å². The van der Waals surface area contributed by atoms with Gasteiger partial charge in [-0.3, -0.25) is 4.21 Å². The van der Waals surface area contributed by atoms with Crippen LogP contribution in [0.4, 0.5) is 0 Å². The Bertz CT molecular complexity index is 140. The molecule has 1 rings (SSSR count). The molecular weight excluding hydrogens is 168 g/mol. The van der Waals surface area contributed by atoms with Crippen molar-refractivity contribution in [1.82, 2.24) is 0 Å². The highest BCUT2D eigenvalue weighted by Gasteiger charge is 2.20. The van der Waals surface area contributed by atoms with Crippen molar-refractivity contribution in [3.63, 3.8) is 0 Å². The lowest BCUT2D eigenvalue weighted by Crippen LogP contribution is -2.10. The predicted octanol–water partition coefficient (Wildman–Crippen LogP) is 2.58. The zero-order valence-corrected chi connectivity index (χ0v) is 9.03. The summed E-state index contributed by atoms with van der Waals surface area (Å²) in [5.41, 5.74) is 0. The van der Waals surface area contributed by atoms with Crippen LogP contribution in [0.3, 0.4) is 0 Å². The fraction of sp³-hybridized carbons (Fsp3) is 1.00. The fourth-order valence-electron chi connectivity index (χ4n) is 1.88. The van der Waals surface area contributed by atoms with Gasteiger partial charge in [0.15, 0.2) is 0 Å². The highest BCUT2D eigenvalue weighted by atomic mass is 32.2. The van der Waals surface area contributed by atoms with Gasteiger partial charge in [0.2, 0.25) is 0 Å². The summed E-state index contributed by atoms with van der Waals surface area (Å²) in [5.74, 6) is 3.41. The molecular formula is C10H20OS. The van der Waals surface area contributed by atoms with Gasteiger partial charge in [0, 0.05) is 22.3 Å². The van der Waals surface area contributed by atoms with Gasteiger partial charge < -0.3 is 0 Å². The molecule has 0 saturated carbocycles. The van der Waals surface area contributed by atoms with E-state index in [1.54, 1.807) is 0 Å². The molecule has 0 aliphatic carbocycles. The normalized spacial score (nSPS) is 37.7. The summed E-state index contributed by atoms with van der Waals surface area (Å²) in [6.07, 6.45) is 5.03. The maximum absolute atomic E-state index is 11.5. The summed E-state index contributed by atoms with van der Waals surface area (Å²) in [7, 11) is -0.517. The van der Waals surface area contributed by atoms with E-state index in [1.807, 2.05) is 0 Å². The molecule has 1 aliphatic rings. The van der Waals surface area contributed by atoms with E-state index in [0.29, 0.717) is 0 Å². The molecule has 2 unspecified atom stereocenters. The van der Waals surface area contributed by atoms with Crippen molar-refractivity contribution in [2.75, 3.05) is 11.5 Å². The van der Waals surface area contributed by atoms with Gasteiger partial charge in [-0.25, -0.2) is 0 Å². The second-order valence-electron chi connectivity index (χ2n) is 3.90. The highest BCUT2D eigenvalue weighted by Crippen LogP contribution is 2.24. The zero-order valence-electron chi connectivity index (χ0n) is 8.21. The Balaban J connectivity index is 2.46. The molecule has 0 aromatic carbocycles. The first-order chi connectivity index (χ1) is 5.76. The summed E-state index contributed by atoms with van der Waals surface area (Å²) in [4.78, 5) is 0. The van der Waals surface area contributed by atoms with Crippen molar-refractivity contribution in [2.24, 2.45) is 11.8 Å². The third-order valence-corrected chi connectivity index (χ3v) is 4.67. The predicted molar refractivity (Wildman–Crippen MR) is 54.7 cm³/mol. The Morgan fingerprint density at radius 2 is 1.50 bits per heavy atom. The lowest BCUT2D eigenvalue weighted by molar-refractivity contribution is 0.436. The molecule has 0 amide bonds. The number of hydrogen-bond acceptors (Lipinski definition) is 1. The first-order valence-corrected chi connectivity index (χ1v) is 6.60. The van der Waals surface area contributed by atoms with E-state index in [0.717, 1.165) is 23.3 Å². The molecule has 1 aliphatic heterocycles. The Morgan fingerprint density at radius 1 is 1.08 bits per heavy atom. The minimum Gasteiger partial charge on any atom is -0.260 e. The summed E-state index contributed by atoms with van der Waals surface area (Å²) in [6.45, 7) is 4.43. The van der Waals surface area contributed by atoms with Crippen LogP contribution in [0.5, 0.6) is 0 Å². The van der Waals surface area contributed by atoms with Gasteiger partial charge in [0.25, 0.3) is 0 Å². The van der Waals surface area contributed by atoms with Crippen LogP contribution in [0.15, 0.2) is 0 Å². The van der Waals surface area contributed by atoms with Gasteiger partial charge in [-0.05, 0) is 24.7 Å². The molecule has 12 heavy (non-hydrogen) atoms. The molecule has 1 nitrogen and oxygen atoms in total. The summed E-state index contributed by atoms with van der Waals surface area (Å²) >= 11 is 0. The van der Waals surface area contributed by atoms with Gasteiger partial charge in [0.1, 0.15) is 0 Å². The van der Waals surface area contributed by atoms with Gasteiger partial charge in [0.05, 0.1) is 0 Å². The molecule has 0 aromatic heterocycles. The fourth-order valence-corrected chi connectivity index (χ4v) is 3.87. The monoisotopic (exact) mass is 188 g/mol. The topological polar surface area (TPSA) is 17.1 Å². The second kappa shape index (κ2) is 5.00. The third kappa shape index (κ3) is 2.89. The Kier molecular flexibility index (Phi) is 4.27. The summed E-state index contributed by atoms with van der Waals surface area (Å²) in [6, 6.07) is 0. The van der Waals surface area contributed by atoms with E-state index in [-0.39, 0.29) is 0 Å². The molecule has 2 atom stereocenters. The molecule has 1 heterocycles. The van der Waals surface area contributed by atoms with Gasteiger partial charge in [-0.15, -0.1) is 0 Å². The molecule has 0 aromatic rings. The van der Waals surface area contributed by atoms with E-state index in [1.165, 1.54) is 25.7 Å². The highest BCUT2D eigenvalue weighted by molar-refractivity contribution is 7.85. The molecule has 0 spiro atoms. The largest absolute Gasteiger partial charge is 0.260 e. The molecule has 1 fully saturated rings. The van der Waals surface area contributed by atoms with Crippen molar-refractivity contribution >= 4 is 10.8 Å².